The summed E-state index contributed by atoms with van der Waals surface area (Å²) in [6.07, 6.45) is -1.14. The molecule has 0 heterocycles. The summed E-state index contributed by atoms with van der Waals surface area (Å²) in [6, 6.07) is 24.3. The predicted molar refractivity (Wildman–Crippen MR) is 107 cm³/mol. The van der Waals surface area contributed by atoms with Gasteiger partial charge in [0, 0.05) is 11.1 Å². The zero-order valence-corrected chi connectivity index (χ0v) is 15.5. The molecule has 0 saturated carbocycles. The van der Waals surface area contributed by atoms with Gasteiger partial charge in [-0.2, -0.15) is 0 Å². The Balaban J connectivity index is 0.000000237. The highest BCUT2D eigenvalue weighted by Crippen LogP contribution is 2.21. The lowest BCUT2D eigenvalue weighted by atomic mass is 10.00. The Morgan fingerprint density at radius 1 is 0.821 bits per heavy atom. The summed E-state index contributed by atoms with van der Waals surface area (Å²) in [5.74, 6) is 0.152. The van der Waals surface area contributed by atoms with Crippen molar-refractivity contribution in [3.8, 4) is 5.75 Å². The summed E-state index contributed by atoms with van der Waals surface area (Å²) >= 11 is 0. The van der Waals surface area contributed by atoms with E-state index in [1.807, 2.05) is 12.1 Å². The summed E-state index contributed by atoms with van der Waals surface area (Å²) in [5, 5.41) is 18.5. The van der Waals surface area contributed by atoms with Crippen LogP contribution in [0.1, 0.15) is 32.4 Å². The molecule has 5 nitrogen and oxygen atoms in total. The molecule has 0 fully saturated rings. The molecule has 2 N–H and O–H groups in total. The quantitative estimate of drug-likeness (QED) is 0.642. The van der Waals surface area contributed by atoms with Crippen LogP contribution in [-0.4, -0.2) is 35.5 Å². The molecule has 0 bridgehead atoms. The van der Waals surface area contributed by atoms with Crippen LogP contribution in [0, 0.1) is 0 Å². The van der Waals surface area contributed by atoms with E-state index in [1.54, 1.807) is 79.9 Å². The van der Waals surface area contributed by atoms with Gasteiger partial charge in [-0.3, -0.25) is 9.59 Å². The topological polar surface area (TPSA) is 83.8 Å². The summed E-state index contributed by atoms with van der Waals surface area (Å²) in [7, 11) is 1.57. The van der Waals surface area contributed by atoms with Crippen molar-refractivity contribution in [1.82, 2.24) is 0 Å². The third kappa shape index (κ3) is 5.87. The number of ether oxygens (including phenoxy) is 1. The van der Waals surface area contributed by atoms with E-state index in [2.05, 4.69) is 0 Å². The van der Waals surface area contributed by atoms with Crippen LogP contribution in [0.15, 0.2) is 84.9 Å². The number of benzene rings is 3. The first-order valence-corrected chi connectivity index (χ1v) is 8.67. The maximum atomic E-state index is 12.0. The molecule has 3 rings (SSSR count). The molecule has 0 aliphatic heterocycles. The van der Waals surface area contributed by atoms with Gasteiger partial charge < -0.3 is 14.9 Å². The van der Waals surface area contributed by atoms with E-state index < -0.39 is 12.7 Å². The molecule has 0 saturated heterocycles. The number of ketones is 2. The van der Waals surface area contributed by atoms with Crippen molar-refractivity contribution in [2.75, 3.05) is 13.7 Å². The van der Waals surface area contributed by atoms with Crippen LogP contribution in [0.25, 0.3) is 0 Å². The Hall–Kier alpha value is -3.28. The molecule has 0 radical (unpaired) electrons. The molecule has 3 aromatic carbocycles. The van der Waals surface area contributed by atoms with Gasteiger partial charge in [0.1, 0.15) is 18.5 Å². The van der Waals surface area contributed by atoms with Crippen molar-refractivity contribution in [2.45, 2.75) is 6.10 Å². The lowest BCUT2D eigenvalue weighted by molar-refractivity contribution is 0.0747. The number of Topliss-reactive ketones (excluding diaryl/α,β-unsaturated/α-hetero) is 2. The number of hydrogen-bond acceptors (Lipinski definition) is 5. The minimum Gasteiger partial charge on any atom is -0.497 e. The largest absolute Gasteiger partial charge is 0.497 e. The monoisotopic (exact) mass is 378 g/mol. The van der Waals surface area contributed by atoms with E-state index in [9.17, 15) is 14.7 Å². The third-order valence-electron chi connectivity index (χ3n) is 3.98. The highest BCUT2D eigenvalue weighted by Gasteiger charge is 2.18. The van der Waals surface area contributed by atoms with E-state index in [0.29, 0.717) is 22.4 Å². The normalized spacial score (nSPS) is 11.0. The lowest BCUT2D eigenvalue weighted by Crippen LogP contribution is -2.12. The SMILES string of the molecule is COc1ccc(C(O)C(=O)c2ccccc2)cc1.O=C(CO)c1ccccc1. The van der Waals surface area contributed by atoms with E-state index in [1.165, 1.54) is 0 Å². The summed E-state index contributed by atoms with van der Waals surface area (Å²) < 4.78 is 5.03. The van der Waals surface area contributed by atoms with Gasteiger partial charge >= 0.3 is 0 Å². The van der Waals surface area contributed by atoms with Gasteiger partial charge in [0.15, 0.2) is 11.6 Å². The molecule has 0 amide bonds. The van der Waals surface area contributed by atoms with E-state index in [4.69, 9.17) is 9.84 Å². The van der Waals surface area contributed by atoms with Gasteiger partial charge in [-0.25, -0.2) is 0 Å². The molecule has 0 aromatic heterocycles. The second kappa shape index (κ2) is 10.8. The lowest BCUT2D eigenvalue weighted by Gasteiger charge is -2.10. The van der Waals surface area contributed by atoms with E-state index in [-0.39, 0.29) is 11.6 Å². The fourth-order valence-corrected chi connectivity index (χ4v) is 2.41. The predicted octanol–water partition coefficient (Wildman–Crippen LogP) is 3.47. The van der Waals surface area contributed by atoms with Crippen LogP contribution >= 0.6 is 0 Å². The van der Waals surface area contributed by atoms with Crippen molar-refractivity contribution < 1.29 is 24.5 Å². The molecule has 5 heteroatoms. The van der Waals surface area contributed by atoms with Gasteiger partial charge in [0.2, 0.25) is 0 Å². The zero-order valence-electron chi connectivity index (χ0n) is 15.5. The standard InChI is InChI=1S/C15H14O3.C8H8O2/c1-18-13-9-7-12(8-10-13)15(17)14(16)11-5-3-2-4-6-11;9-6-8(10)7-4-2-1-3-5-7/h2-10,15,17H,1H3;1-5,9H,6H2. The highest BCUT2D eigenvalue weighted by molar-refractivity contribution is 5.99. The number of carbonyl (C=O) groups excluding carboxylic acids is 2. The molecule has 0 aliphatic rings. The van der Waals surface area contributed by atoms with Crippen LogP contribution in [0.4, 0.5) is 0 Å². The molecular formula is C23H22O5. The van der Waals surface area contributed by atoms with Crippen LogP contribution < -0.4 is 4.74 Å². The molecule has 144 valence electrons. The van der Waals surface area contributed by atoms with Gasteiger partial charge in [-0.05, 0) is 17.7 Å². The second-order valence-corrected chi connectivity index (χ2v) is 5.85. The van der Waals surface area contributed by atoms with E-state index >= 15 is 0 Å². The molecular weight excluding hydrogens is 356 g/mol. The number of aliphatic hydroxyl groups excluding tert-OH is 2. The first kappa shape index (κ1) is 21.0. The van der Waals surface area contributed by atoms with Crippen LogP contribution in [0.3, 0.4) is 0 Å². The average Bonchev–Trinajstić information content (AvgIpc) is 2.79. The van der Waals surface area contributed by atoms with E-state index in [0.717, 1.165) is 0 Å². The Morgan fingerprint density at radius 3 is 1.79 bits per heavy atom. The van der Waals surface area contributed by atoms with Crippen molar-refractivity contribution in [2.24, 2.45) is 0 Å². The van der Waals surface area contributed by atoms with Crippen molar-refractivity contribution in [1.29, 1.82) is 0 Å². The maximum absolute atomic E-state index is 12.0. The number of aliphatic hydroxyl groups is 2. The minimum atomic E-state index is -1.14. The average molecular weight is 378 g/mol. The van der Waals surface area contributed by atoms with Crippen LogP contribution in [0.2, 0.25) is 0 Å². The van der Waals surface area contributed by atoms with Crippen LogP contribution in [-0.2, 0) is 0 Å². The fraction of sp³-hybridized carbons (Fsp3) is 0.130. The zero-order chi connectivity index (χ0) is 20.4. The molecule has 28 heavy (non-hydrogen) atoms. The van der Waals surface area contributed by atoms with Gasteiger partial charge in [-0.15, -0.1) is 0 Å². The first-order valence-electron chi connectivity index (χ1n) is 8.67. The Labute approximate surface area is 163 Å². The van der Waals surface area contributed by atoms with Gasteiger partial charge in [0.25, 0.3) is 0 Å². The number of methoxy groups -OCH3 is 1. The summed E-state index contributed by atoms with van der Waals surface area (Å²) in [6.45, 7) is -0.413. The number of rotatable bonds is 6. The molecule has 0 spiro atoms. The summed E-state index contributed by atoms with van der Waals surface area (Å²) in [4.78, 5) is 22.8. The number of carbonyl (C=O) groups is 2. The van der Waals surface area contributed by atoms with Crippen LogP contribution in [0.5, 0.6) is 5.75 Å². The van der Waals surface area contributed by atoms with Crippen molar-refractivity contribution in [3.05, 3.63) is 102 Å². The second-order valence-electron chi connectivity index (χ2n) is 5.85. The maximum Gasteiger partial charge on any atom is 0.195 e. The molecule has 1 unspecified atom stereocenters. The van der Waals surface area contributed by atoms with Crippen molar-refractivity contribution in [3.63, 3.8) is 0 Å². The molecule has 0 aliphatic carbocycles. The highest BCUT2D eigenvalue weighted by atomic mass is 16.5. The fourth-order valence-electron chi connectivity index (χ4n) is 2.41. The molecule has 1 atom stereocenters. The number of hydrogen-bond donors (Lipinski definition) is 2. The Morgan fingerprint density at radius 2 is 1.32 bits per heavy atom. The van der Waals surface area contributed by atoms with Crippen molar-refractivity contribution >= 4 is 11.6 Å². The third-order valence-corrected chi connectivity index (χ3v) is 3.98. The van der Waals surface area contributed by atoms with Gasteiger partial charge in [-0.1, -0.05) is 72.8 Å². The summed E-state index contributed by atoms with van der Waals surface area (Å²) in [5.41, 5.74) is 1.62. The first-order chi connectivity index (χ1) is 13.6. The Bertz CT molecular complexity index is 874. The minimum absolute atomic E-state index is 0.236. The van der Waals surface area contributed by atoms with Gasteiger partial charge in [0.05, 0.1) is 7.11 Å². The smallest absolute Gasteiger partial charge is 0.195 e. The molecule has 3 aromatic rings. The Kier molecular flexibility index (Phi) is 8.09.